The molecule has 0 saturated carbocycles. The van der Waals surface area contributed by atoms with Gasteiger partial charge in [0.05, 0.1) is 28.5 Å². The van der Waals surface area contributed by atoms with Crippen LogP contribution in [0.3, 0.4) is 0 Å². The summed E-state index contributed by atoms with van der Waals surface area (Å²) in [4.78, 5) is 14.9. The Morgan fingerprint density at radius 1 is 1.28 bits per heavy atom. The number of hydrogen-bond donors (Lipinski definition) is 0. The highest BCUT2D eigenvalue weighted by Gasteiger charge is 2.39. The van der Waals surface area contributed by atoms with Gasteiger partial charge in [-0.3, -0.25) is 15.1 Å². The lowest BCUT2D eigenvalue weighted by Gasteiger charge is -2.38. The third kappa shape index (κ3) is 4.09. The SMILES string of the molecule is CC[Si](CC)(CC)OC1=C[C@@H](C)O[C@@H](c2ccncc2[N+](=O)[O-])[C@H]1C. The fourth-order valence-corrected chi connectivity index (χ4v) is 6.08. The van der Waals surface area contributed by atoms with Crippen molar-refractivity contribution in [3.8, 4) is 0 Å². The Labute approximate surface area is 150 Å². The van der Waals surface area contributed by atoms with E-state index in [4.69, 9.17) is 9.16 Å². The lowest BCUT2D eigenvalue weighted by atomic mass is 9.92. The molecule has 0 unspecified atom stereocenters. The fraction of sp³-hybridized carbons (Fsp3) is 0.611. The minimum absolute atomic E-state index is 0.00205. The smallest absolute Gasteiger partial charge is 0.293 e. The number of rotatable bonds is 7. The summed E-state index contributed by atoms with van der Waals surface area (Å²) in [5.74, 6) is 0.848. The van der Waals surface area contributed by atoms with E-state index in [-0.39, 0.29) is 17.7 Å². The number of aromatic nitrogens is 1. The molecule has 0 saturated heterocycles. The highest BCUT2D eigenvalue weighted by molar-refractivity contribution is 6.73. The van der Waals surface area contributed by atoms with Crippen LogP contribution < -0.4 is 0 Å². The summed E-state index contributed by atoms with van der Waals surface area (Å²) in [6.45, 7) is 10.5. The van der Waals surface area contributed by atoms with Crippen molar-refractivity contribution in [2.45, 2.75) is 65.0 Å². The first-order valence-electron chi connectivity index (χ1n) is 9.01. The molecule has 3 atom stereocenters. The number of pyridine rings is 1. The molecule has 0 aromatic carbocycles. The molecule has 1 aromatic rings. The van der Waals surface area contributed by atoms with Crippen molar-refractivity contribution in [2.75, 3.05) is 0 Å². The van der Waals surface area contributed by atoms with E-state index < -0.39 is 19.3 Å². The fourth-order valence-electron chi connectivity index (χ4n) is 3.40. The predicted molar refractivity (Wildman–Crippen MR) is 99.7 cm³/mol. The second kappa shape index (κ2) is 8.10. The first-order valence-corrected chi connectivity index (χ1v) is 11.5. The van der Waals surface area contributed by atoms with Crippen molar-refractivity contribution in [3.05, 3.63) is 46.0 Å². The van der Waals surface area contributed by atoms with E-state index in [0.717, 1.165) is 23.9 Å². The molecular formula is C18H28N2O4Si. The van der Waals surface area contributed by atoms with Crippen molar-refractivity contribution in [1.29, 1.82) is 0 Å². The van der Waals surface area contributed by atoms with Gasteiger partial charge in [-0.15, -0.1) is 0 Å². The molecule has 1 aliphatic heterocycles. The van der Waals surface area contributed by atoms with Gasteiger partial charge in [0.15, 0.2) is 0 Å². The molecule has 0 fully saturated rings. The van der Waals surface area contributed by atoms with Gasteiger partial charge in [-0.2, -0.15) is 0 Å². The van der Waals surface area contributed by atoms with Crippen LogP contribution >= 0.6 is 0 Å². The molecule has 0 aliphatic carbocycles. The Kier molecular flexibility index (Phi) is 6.34. The molecule has 138 valence electrons. The van der Waals surface area contributed by atoms with E-state index in [1.54, 1.807) is 12.3 Å². The number of hydrogen-bond acceptors (Lipinski definition) is 5. The van der Waals surface area contributed by atoms with Crippen LogP contribution in [0.5, 0.6) is 0 Å². The molecular weight excluding hydrogens is 336 g/mol. The van der Waals surface area contributed by atoms with Gasteiger partial charge < -0.3 is 9.16 Å². The molecule has 1 aromatic heterocycles. The lowest BCUT2D eigenvalue weighted by molar-refractivity contribution is -0.386. The maximum absolute atomic E-state index is 11.4. The summed E-state index contributed by atoms with van der Waals surface area (Å²) in [5, 5.41) is 11.4. The van der Waals surface area contributed by atoms with E-state index in [2.05, 4.69) is 25.8 Å². The number of nitrogens with zero attached hydrogens (tertiary/aromatic N) is 2. The second-order valence-corrected chi connectivity index (χ2v) is 11.3. The monoisotopic (exact) mass is 364 g/mol. The summed E-state index contributed by atoms with van der Waals surface area (Å²) in [6, 6.07) is 4.84. The quantitative estimate of drug-likeness (QED) is 0.387. The van der Waals surface area contributed by atoms with Gasteiger partial charge in [0, 0.05) is 12.1 Å². The molecule has 0 N–H and O–H groups in total. The molecule has 6 nitrogen and oxygen atoms in total. The van der Waals surface area contributed by atoms with Crippen LogP contribution in [0, 0.1) is 16.0 Å². The zero-order valence-electron chi connectivity index (χ0n) is 15.7. The summed E-state index contributed by atoms with van der Waals surface area (Å²) in [6.07, 6.45) is 4.33. The first kappa shape index (κ1) is 19.6. The first-order chi connectivity index (χ1) is 11.9. The van der Waals surface area contributed by atoms with E-state index >= 15 is 0 Å². The summed E-state index contributed by atoms with van der Waals surface area (Å²) in [5.41, 5.74) is 0.558. The maximum atomic E-state index is 11.4. The Bertz CT molecular complexity index is 637. The van der Waals surface area contributed by atoms with Gasteiger partial charge in [0.1, 0.15) is 6.20 Å². The van der Waals surface area contributed by atoms with Gasteiger partial charge in [-0.05, 0) is 37.2 Å². The minimum atomic E-state index is -1.81. The molecule has 1 aliphatic rings. The largest absolute Gasteiger partial charge is 0.546 e. The van der Waals surface area contributed by atoms with Gasteiger partial charge in [0.2, 0.25) is 8.32 Å². The highest BCUT2D eigenvalue weighted by Crippen LogP contribution is 2.42. The maximum Gasteiger partial charge on any atom is 0.293 e. The van der Waals surface area contributed by atoms with E-state index in [1.165, 1.54) is 6.20 Å². The second-order valence-electron chi connectivity index (χ2n) is 6.66. The zero-order chi connectivity index (χ0) is 18.6. The standard InChI is InChI=1S/C18H28N2O4Si/c1-6-25(7-2,8-3)24-17-11-13(4)23-18(14(17)5)15-9-10-19-12-16(15)20(21)22/h9-14,18H,6-8H2,1-5H3/t13-,14+,18-/m1/s1. The molecule has 0 radical (unpaired) electrons. The molecule has 0 bridgehead atoms. The topological polar surface area (TPSA) is 74.5 Å². The van der Waals surface area contributed by atoms with Crippen LogP contribution in [0.4, 0.5) is 5.69 Å². The summed E-state index contributed by atoms with van der Waals surface area (Å²) < 4.78 is 12.6. The van der Waals surface area contributed by atoms with E-state index in [9.17, 15) is 10.1 Å². The molecule has 2 heterocycles. The van der Waals surface area contributed by atoms with Crippen LogP contribution in [-0.4, -0.2) is 24.3 Å². The third-order valence-electron chi connectivity index (χ3n) is 5.27. The van der Waals surface area contributed by atoms with Gasteiger partial charge in [0.25, 0.3) is 5.69 Å². The number of nitro groups is 1. The molecule has 0 amide bonds. The van der Waals surface area contributed by atoms with Crippen LogP contribution in [0.25, 0.3) is 0 Å². The van der Waals surface area contributed by atoms with Crippen LogP contribution in [0.2, 0.25) is 18.1 Å². The Hall–Kier alpha value is -1.73. The Morgan fingerprint density at radius 3 is 2.48 bits per heavy atom. The van der Waals surface area contributed by atoms with Crippen molar-refractivity contribution >= 4 is 14.0 Å². The molecule has 7 heteroatoms. The third-order valence-corrected chi connectivity index (χ3v) is 9.80. The van der Waals surface area contributed by atoms with Gasteiger partial charge in [-0.25, -0.2) is 0 Å². The summed E-state index contributed by atoms with van der Waals surface area (Å²) in [7, 11) is -1.81. The Balaban J connectivity index is 2.37. The van der Waals surface area contributed by atoms with Gasteiger partial charge >= 0.3 is 0 Å². The highest BCUT2D eigenvalue weighted by atomic mass is 28.4. The van der Waals surface area contributed by atoms with Crippen LogP contribution in [0.15, 0.2) is 30.3 Å². The van der Waals surface area contributed by atoms with Crippen molar-refractivity contribution in [1.82, 2.24) is 4.98 Å². The van der Waals surface area contributed by atoms with E-state index in [1.807, 2.05) is 19.9 Å². The molecule has 0 spiro atoms. The van der Waals surface area contributed by atoms with Crippen molar-refractivity contribution < 1.29 is 14.1 Å². The van der Waals surface area contributed by atoms with Crippen molar-refractivity contribution in [3.63, 3.8) is 0 Å². The normalized spacial score (nSPS) is 23.9. The Morgan fingerprint density at radius 2 is 1.92 bits per heavy atom. The van der Waals surface area contributed by atoms with E-state index in [0.29, 0.717) is 5.56 Å². The van der Waals surface area contributed by atoms with Crippen LogP contribution in [-0.2, 0) is 9.16 Å². The molecule has 25 heavy (non-hydrogen) atoms. The zero-order valence-corrected chi connectivity index (χ0v) is 16.7. The average Bonchev–Trinajstić information content (AvgIpc) is 2.62. The average molecular weight is 365 g/mol. The predicted octanol–water partition coefficient (Wildman–Crippen LogP) is 4.99. The number of ether oxygens (including phenoxy) is 1. The summed E-state index contributed by atoms with van der Waals surface area (Å²) >= 11 is 0. The lowest BCUT2D eigenvalue weighted by Crippen LogP contribution is -2.39. The minimum Gasteiger partial charge on any atom is -0.546 e. The van der Waals surface area contributed by atoms with Crippen LogP contribution in [0.1, 0.15) is 46.3 Å². The molecule has 2 rings (SSSR count). The van der Waals surface area contributed by atoms with Gasteiger partial charge in [-0.1, -0.05) is 27.7 Å². The van der Waals surface area contributed by atoms with Crippen molar-refractivity contribution in [2.24, 2.45) is 5.92 Å².